The second kappa shape index (κ2) is 9.03. The lowest BCUT2D eigenvalue weighted by Crippen LogP contribution is -2.28. The summed E-state index contributed by atoms with van der Waals surface area (Å²) in [5, 5.41) is 15.9. The standard InChI is InChI=1S/C19H25N3O4/c1-13-10-14(2)22(21-13)15(3)11-18(23)20-9-8-16-4-6-17(7-5-16)26-12-19(24)25/h4-7,10,15H,8-9,11-12H2,1-3H3,(H,20,23)(H,24,25). The first kappa shape index (κ1) is 19.5. The molecule has 2 aromatic rings. The number of amides is 1. The molecular weight excluding hydrogens is 334 g/mol. The van der Waals surface area contributed by atoms with Gasteiger partial charge in [-0.15, -0.1) is 0 Å². The number of nitrogens with zero attached hydrogens (tertiary/aromatic N) is 2. The van der Waals surface area contributed by atoms with Gasteiger partial charge in [-0.25, -0.2) is 4.79 Å². The van der Waals surface area contributed by atoms with Crippen LogP contribution < -0.4 is 10.1 Å². The van der Waals surface area contributed by atoms with Crippen LogP contribution in [0.4, 0.5) is 0 Å². The summed E-state index contributed by atoms with van der Waals surface area (Å²) in [5.41, 5.74) is 3.04. The Hall–Kier alpha value is -2.83. The van der Waals surface area contributed by atoms with Gasteiger partial charge in [0.05, 0.1) is 11.7 Å². The third-order valence-corrected chi connectivity index (χ3v) is 3.96. The zero-order valence-electron chi connectivity index (χ0n) is 15.4. The summed E-state index contributed by atoms with van der Waals surface area (Å²) < 4.78 is 6.96. The van der Waals surface area contributed by atoms with E-state index in [-0.39, 0.29) is 18.6 Å². The fraction of sp³-hybridized carbons (Fsp3) is 0.421. The number of hydrogen-bond donors (Lipinski definition) is 2. The van der Waals surface area contributed by atoms with E-state index < -0.39 is 5.97 Å². The molecule has 0 saturated heterocycles. The van der Waals surface area contributed by atoms with Crippen molar-refractivity contribution in [2.45, 2.75) is 39.7 Å². The molecule has 0 aliphatic heterocycles. The van der Waals surface area contributed by atoms with Gasteiger partial charge in [0, 0.05) is 18.7 Å². The Kier molecular flexibility index (Phi) is 6.77. The number of nitrogens with one attached hydrogen (secondary N) is 1. The maximum Gasteiger partial charge on any atom is 0.341 e. The van der Waals surface area contributed by atoms with Gasteiger partial charge in [-0.05, 0) is 51.0 Å². The van der Waals surface area contributed by atoms with E-state index in [0.717, 1.165) is 17.0 Å². The number of hydrogen-bond acceptors (Lipinski definition) is 4. The Morgan fingerprint density at radius 3 is 2.54 bits per heavy atom. The van der Waals surface area contributed by atoms with E-state index in [0.29, 0.717) is 25.1 Å². The predicted octanol–water partition coefficient (Wildman–Crippen LogP) is 2.27. The average Bonchev–Trinajstić information content (AvgIpc) is 2.92. The molecule has 7 heteroatoms. The van der Waals surface area contributed by atoms with Crippen molar-refractivity contribution in [1.82, 2.24) is 15.1 Å². The lowest BCUT2D eigenvalue weighted by Gasteiger charge is -2.14. The normalized spacial score (nSPS) is 11.8. The largest absolute Gasteiger partial charge is 0.482 e. The van der Waals surface area contributed by atoms with Gasteiger partial charge in [0.2, 0.25) is 5.91 Å². The summed E-state index contributed by atoms with van der Waals surface area (Å²) in [5.74, 6) is -0.503. The minimum Gasteiger partial charge on any atom is -0.482 e. The van der Waals surface area contributed by atoms with Crippen molar-refractivity contribution < 1.29 is 19.4 Å². The van der Waals surface area contributed by atoms with Gasteiger partial charge < -0.3 is 15.2 Å². The Bertz CT molecular complexity index is 753. The number of aliphatic carboxylic acids is 1. The lowest BCUT2D eigenvalue weighted by molar-refractivity contribution is -0.139. The maximum absolute atomic E-state index is 12.1. The Labute approximate surface area is 153 Å². The SMILES string of the molecule is Cc1cc(C)n(C(C)CC(=O)NCCc2ccc(OCC(=O)O)cc2)n1. The number of ether oxygens (including phenoxy) is 1. The highest BCUT2D eigenvalue weighted by atomic mass is 16.5. The van der Waals surface area contributed by atoms with Gasteiger partial charge in [0.15, 0.2) is 6.61 Å². The second-order valence-corrected chi connectivity index (χ2v) is 6.35. The van der Waals surface area contributed by atoms with E-state index in [2.05, 4.69) is 10.4 Å². The first-order chi connectivity index (χ1) is 12.3. The molecule has 26 heavy (non-hydrogen) atoms. The second-order valence-electron chi connectivity index (χ2n) is 6.35. The molecule has 1 atom stereocenters. The minimum absolute atomic E-state index is 0.00790. The van der Waals surface area contributed by atoms with Crippen molar-refractivity contribution in [3.63, 3.8) is 0 Å². The molecule has 1 aromatic carbocycles. The van der Waals surface area contributed by atoms with Crippen LogP contribution >= 0.6 is 0 Å². The highest BCUT2D eigenvalue weighted by Gasteiger charge is 2.13. The van der Waals surface area contributed by atoms with E-state index in [1.807, 2.05) is 43.7 Å². The molecular formula is C19H25N3O4. The Balaban J connectivity index is 1.74. The van der Waals surface area contributed by atoms with Gasteiger partial charge in [0.25, 0.3) is 0 Å². The third kappa shape index (κ3) is 5.91. The highest BCUT2D eigenvalue weighted by Crippen LogP contribution is 2.14. The molecule has 2 N–H and O–H groups in total. The molecule has 0 fully saturated rings. The fourth-order valence-electron chi connectivity index (χ4n) is 2.76. The first-order valence-corrected chi connectivity index (χ1v) is 8.58. The molecule has 0 aliphatic rings. The van der Waals surface area contributed by atoms with Crippen molar-refractivity contribution >= 4 is 11.9 Å². The van der Waals surface area contributed by atoms with Crippen LogP contribution in [0.25, 0.3) is 0 Å². The quantitative estimate of drug-likeness (QED) is 0.716. The molecule has 7 nitrogen and oxygen atoms in total. The van der Waals surface area contributed by atoms with E-state index in [1.165, 1.54) is 0 Å². The summed E-state index contributed by atoms with van der Waals surface area (Å²) in [4.78, 5) is 22.6. The maximum atomic E-state index is 12.1. The lowest BCUT2D eigenvalue weighted by atomic mass is 10.1. The molecule has 0 saturated carbocycles. The van der Waals surface area contributed by atoms with Crippen LogP contribution in [0, 0.1) is 13.8 Å². The van der Waals surface area contributed by atoms with Gasteiger partial charge in [-0.3, -0.25) is 9.48 Å². The van der Waals surface area contributed by atoms with Crippen LogP contribution in [0.5, 0.6) is 5.75 Å². The monoisotopic (exact) mass is 359 g/mol. The average molecular weight is 359 g/mol. The predicted molar refractivity (Wildman–Crippen MR) is 97.3 cm³/mol. The van der Waals surface area contributed by atoms with Crippen LogP contribution in [0.3, 0.4) is 0 Å². The van der Waals surface area contributed by atoms with Crippen molar-refractivity contribution in [2.75, 3.05) is 13.2 Å². The summed E-state index contributed by atoms with van der Waals surface area (Å²) >= 11 is 0. The van der Waals surface area contributed by atoms with E-state index in [1.54, 1.807) is 12.1 Å². The molecule has 0 aliphatic carbocycles. The minimum atomic E-state index is -1.01. The number of benzene rings is 1. The van der Waals surface area contributed by atoms with Crippen molar-refractivity contribution in [1.29, 1.82) is 0 Å². The van der Waals surface area contributed by atoms with Crippen molar-refractivity contribution in [2.24, 2.45) is 0 Å². The summed E-state index contributed by atoms with van der Waals surface area (Å²) in [7, 11) is 0. The van der Waals surface area contributed by atoms with Crippen molar-refractivity contribution in [3.05, 3.63) is 47.3 Å². The number of aromatic nitrogens is 2. The third-order valence-electron chi connectivity index (χ3n) is 3.96. The molecule has 2 rings (SSSR count). The van der Waals surface area contributed by atoms with E-state index in [9.17, 15) is 9.59 Å². The first-order valence-electron chi connectivity index (χ1n) is 8.58. The molecule has 1 unspecified atom stereocenters. The van der Waals surface area contributed by atoms with Gasteiger partial charge in [-0.2, -0.15) is 5.10 Å². The number of aryl methyl sites for hydroxylation is 2. The molecule has 1 amide bonds. The fourth-order valence-corrected chi connectivity index (χ4v) is 2.76. The summed E-state index contributed by atoms with van der Waals surface area (Å²) in [6.07, 6.45) is 1.07. The smallest absolute Gasteiger partial charge is 0.341 e. The van der Waals surface area contributed by atoms with Gasteiger partial charge in [0.1, 0.15) is 5.75 Å². The van der Waals surface area contributed by atoms with Crippen LogP contribution in [0.15, 0.2) is 30.3 Å². The van der Waals surface area contributed by atoms with Gasteiger partial charge in [-0.1, -0.05) is 12.1 Å². The summed E-state index contributed by atoms with van der Waals surface area (Å²) in [6, 6.07) is 9.19. The number of carboxylic acids is 1. The molecule has 1 aromatic heterocycles. The topological polar surface area (TPSA) is 93.5 Å². The Morgan fingerprint density at radius 2 is 1.96 bits per heavy atom. The van der Waals surface area contributed by atoms with Crippen LogP contribution in [0.2, 0.25) is 0 Å². The number of carbonyl (C=O) groups is 2. The number of carbonyl (C=O) groups excluding carboxylic acids is 1. The number of rotatable bonds is 9. The molecule has 140 valence electrons. The van der Waals surface area contributed by atoms with Crippen LogP contribution in [-0.4, -0.2) is 39.9 Å². The van der Waals surface area contributed by atoms with Crippen LogP contribution in [-0.2, 0) is 16.0 Å². The van der Waals surface area contributed by atoms with E-state index in [4.69, 9.17) is 9.84 Å². The van der Waals surface area contributed by atoms with Crippen LogP contribution in [0.1, 0.15) is 36.3 Å². The molecule has 0 spiro atoms. The highest BCUT2D eigenvalue weighted by molar-refractivity contribution is 5.76. The number of carboxylic acid groups (broad SMARTS) is 1. The summed E-state index contributed by atoms with van der Waals surface area (Å²) in [6.45, 7) is 6.09. The molecule has 0 radical (unpaired) electrons. The molecule has 1 heterocycles. The molecule has 0 bridgehead atoms. The Morgan fingerprint density at radius 1 is 1.27 bits per heavy atom. The zero-order valence-corrected chi connectivity index (χ0v) is 15.4. The zero-order chi connectivity index (χ0) is 19.1. The van der Waals surface area contributed by atoms with Gasteiger partial charge >= 0.3 is 5.97 Å². The van der Waals surface area contributed by atoms with Crippen molar-refractivity contribution in [3.8, 4) is 5.75 Å². The van der Waals surface area contributed by atoms with E-state index >= 15 is 0 Å².